The Balaban J connectivity index is 1.42. The molecule has 0 aliphatic heterocycles. The van der Waals surface area contributed by atoms with Gasteiger partial charge in [-0.05, 0) is 37.5 Å². The normalized spacial score (nSPS) is 14.3. The quantitative estimate of drug-likeness (QED) is 0.425. The van der Waals surface area contributed by atoms with Crippen molar-refractivity contribution in [2.45, 2.75) is 49.4 Å². The largest absolute Gasteiger partial charge is 0.484 e. The molecule has 0 saturated heterocycles. The molecule has 1 heterocycles. The summed E-state index contributed by atoms with van der Waals surface area (Å²) in [6, 6.07) is 17.7. The van der Waals surface area contributed by atoms with Crippen LogP contribution in [-0.4, -0.2) is 37.9 Å². The van der Waals surface area contributed by atoms with E-state index in [4.69, 9.17) is 16.3 Å². The Morgan fingerprint density at radius 2 is 1.90 bits per heavy atom. The van der Waals surface area contributed by atoms with Gasteiger partial charge in [0.1, 0.15) is 12.4 Å². The standard InChI is InChI=1S/C23H25ClN4O2S/c1-16(22(29)27(2)14-17-8-4-3-5-9-17)31-23-26-25-21(28(23)18-12-13-18)15-30-20-11-7-6-10-19(20)24/h3-11,16,18H,12-15H2,1-2H3. The first-order chi connectivity index (χ1) is 15.0. The van der Waals surface area contributed by atoms with Crippen molar-refractivity contribution in [3.63, 3.8) is 0 Å². The molecule has 1 atom stereocenters. The number of benzene rings is 2. The molecule has 0 spiro atoms. The van der Waals surface area contributed by atoms with Crippen molar-refractivity contribution in [1.82, 2.24) is 19.7 Å². The lowest BCUT2D eigenvalue weighted by Gasteiger charge is -2.21. The molecule has 162 valence electrons. The minimum atomic E-state index is -0.271. The molecule has 1 aliphatic rings. The van der Waals surface area contributed by atoms with Crippen LogP contribution in [0.2, 0.25) is 5.02 Å². The van der Waals surface area contributed by atoms with Gasteiger partial charge < -0.3 is 9.64 Å². The van der Waals surface area contributed by atoms with Crippen molar-refractivity contribution >= 4 is 29.3 Å². The maximum Gasteiger partial charge on any atom is 0.235 e. The van der Waals surface area contributed by atoms with Crippen molar-refractivity contribution in [2.75, 3.05) is 7.05 Å². The van der Waals surface area contributed by atoms with Crippen LogP contribution in [0.4, 0.5) is 0 Å². The summed E-state index contributed by atoms with van der Waals surface area (Å²) in [7, 11) is 1.83. The molecule has 1 aliphatic carbocycles. The van der Waals surface area contributed by atoms with Crippen LogP contribution >= 0.6 is 23.4 Å². The van der Waals surface area contributed by atoms with E-state index in [9.17, 15) is 4.79 Å². The monoisotopic (exact) mass is 456 g/mol. The number of ether oxygens (including phenoxy) is 1. The zero-order valence-electron chi connectivity index (χ0n) is 17.6. The molecule has 0 radical (unpaired) electrons. The maximum absolute atomic E-state index is 12.9. The first-order valence-corrected chi connectivity index (χ1v) is 11.6. The first-order valence-electron chi connectivity index (χ1n) is 10.3. The highest BCUT2D eigenvalue weighted by Gasteiger charge is 2.31. The fraction of sp³-hybridized carbons (Fsp3) is 0.348. The van der Waals surface area contributed by atoms with Crippen LogP contribution in [0, 0.1) is 0 Å². The molecule has 3 aromatic rings. The van der Waals surface area contributed by atoms with E-state index in [1.54, 1.807) is 11.0 Å². The first kappa shape index (κ1) is 21.7. The van der Waals surface area contributed by atoms with Crippen LogP contribution in [-0.2, 0) is 17.9 Å². The summed E-state index contributed by atoms with van der Waals surface area (Å²) in [4.78, 5) is 14.7. The van der Waals surface area contributed by atoms with E-state index in [1.807, 2.05) is 62.5 Å². The molecular formula is C23H25ClN4O2S. The smallest absolute Gasteiger partial charge is 0.235 e. The second-order valence-corrected chi connectivity index (χ2v) is 9.37. The van der Waals surface area contributed by atoms with E-state index < -0.39 is 0 Å². The minimum absolute atomic E-state index is 0.0630. The highest BCUT2D eigenvalue weighted by atomic mass is 35.5. The molecule has 1 fully saturated rings. The van der Waals surface area contributed by atoms with E-state index in [1.165, 1.54) is 11.8 Å². The van der Waals surface area contributed by atoms with Gasteiger partial charge in [0.05, 0.1) is 10.3 Å². The zero-order valence-corrected chi connectivity index (χ0v) is 19.1. The fourth-order valence-electron chi connectivity index (χ4n) is 3.34. The van der Waals surface area contributed by atoms with Gasteiger partial charge in [-0.2, -0.15) is 0 Å². The number of aromatic nitrogens is 3. The Morgan fingerprint density at radius 3 is 2.61 bits per heavy atom. The average Bonchev–Trinajstić information content (AvgIpc) is 3.54. The molecule has 4 rings (SSSR count). The third kappa shape index (κ3) is 5.40. The number of para-hydroxylation sites is 1. The van der Waals surface area contributed by atoms with Gasteiger partial charge in [0.2, 0.25) is 5.91 Å². The molecule has 1 unspecified atom stereocenters. The molecule has 1 aromatic heterocycles. The molecule has 31 heavy (non-hydrogen) atoms. The molecule has 0 bridgehead atoms. The molecule has 6 nitrogen and oxygen atoms in total. The molecule has 0 N–H and O–H groups in total. The molecule has 8 heteroatoms. The molecule has 2 aromatic carbocycles. The van der Waals surface area contributed by atoms with E-state index in [2.05, 4.69) is 14.8 Å². The van der Waals surface area contributed by atoms with Crippen LogP contribution in [0.25, 0.3) is 0 Å². The van der Waals surface area contributed by atoms with Crippen molar-refractivity contribution in [3.8, 4) is 5.75 Å². The number of nitrogens with zero attached hydrogens (tertiary/aromatic N) is 4. The summed E-state index contributed by atoms with van der Waals surface area (Å²) in [5.41, 5.74) is 1.11. The Hall–Kier alpha value is -2.51. The van der Waals surface area contributed by atoms with Crippen molar-refractivity contribution in [1.29, 1.82) is 0 Å². The number of thioether (sulfide) groups is 1. The number of carbonyl (C=O) groups is 1. The van der Waals surface area contributed by atoms with Gasteiger partial charge in [-0.15, -0.1) is 10.2 Å². The summed E-state index contributed by atoms with van der Waals surface area (Å²) in [5, 5.41) is 9.77. The Kier molecular flexibility index (Phi) is 6.83. The van der Waals surface area contributed by atoms with Crippen LogP contribution in [0.5, 0.6) is 5.75 Å². The predicted molar refractivity (Wildman–Crippen MR) is 122 cm³/mol. The van der Waals surface area contributed by atoms with Crippen molar-refractivity contribution in [2.24, 2.45) is 0 Å². The van der Waals surface area contributed by atoms with Crippen LogP contribution in [0.1, 0.15) is 37.2 Å². The summed E-state index contributed by atoms with van der Waals surface area (Å²) in [6.45, 7) is 2.78. The lowest BCUT2D eigenvalue weighted by molar-refractivity contribution is -0.129. The highest BCUT2D eigenvalue weighted by molar-refractivity contribution is 8.00. The zero-order chi connectivity index (χ0) is 21.8. The lowest BCUT2D eigenvalue weighted by Crippen LogP contribution is -2.33. The van der Waals surface area contributed by atoms with Crippen LogP contribution < -0.4 is 4.74 Å². The number of rotatable bonds is 9. The van der Waals surface area contributed by atoms with Gasteiger partial charge >= 0.3 is 0 Å². The maximum atomic E-state index is 12.9. The van der Waals surface area contributed by atoms with Gasteiger partial charge in [-0.3, -0.25) is 9.36 Å². The third-order valence-electron chi connectivity index (χ3n) is 5.11. The van der Waals surface area contributed by atoms with Crippen LogP contribution in [0.3, 0.4) is 0 Å². The van der Waals surface area contributed by atoms with Gasteiger partial charge in [0.15, 0.2) is 11.0 Å². The van der Waals surface area contributed by atoms with Gasteiger partial charge in [-0.1, -0.05) is 65.8 Å². The highest BCUT2D eigenvalue weighted by Crippen LogP contribution is 2.40. The Bertz CT molecular complexity index is 1040. The van der Waals surface area contributed by atoms with E-state index in [0.29, 0.717) is 23.4 Å². The fourth-order valence-corrected chi connectivity index (χ4v) is 4.59. The lowest BCUT2D eigenvalue weighted by atomic mass is 10.2. The number of amides is 1. The van der Waals surface area contributed by atoms with Gasteiger partial charge in [0.25, 0.3) is 0 Å². The summed E-state index contributed by atoms with van der Waals surface area (Å²) in [5.74, 6) is 1.44. The molecule has 1 amide bonds. The van der Waals surface area contributed by atoms with Crippen LogP contribution in [0.15, 0.2) is 59.8 Å². The van der Waals surface area contributed by atoms with E-state index in [0.717, 1.165) is 29.4 Å². The van der Waals surface area contributed by atoms with Crippen molar-refractivity contribution in [3.05, 3.63) is 71.0 Å². The number of hydrogen-bond donors (Lipinski definition) is 0. The topological polar surface area (TPSA) is 60.3 Å². The van der Waals surface area contributed by atoms with Crippen molar-refractivity contribution < 1.29 is 9.53 Å². The SMILES string of the molecule is CC(Sc1nnc(COc2ccccc2Cl)n1C1CC1)C(=O)N(C)Cc1ccccc1. The Morgan fingerprint density at radius 1 is 1.19 bits per heavy atom. The van der Waals surface area contributed by atoms with E-state index in [-0.39, 0.29) is 17.8 Å². The molecular weight excluding hydrogens is 432 g/mol. The number of hydrogen-bond acceptors (Lipinski definition) is 5. The summed E-state index contributed by atoms with van der Waals surface area (Å²) in [6.07, 6.45) is 2.17. The summed E-state index contributed by atoms with van der Waals surface area (Å²) < 4.78 is 7.99. The Labute approximate surface area is 191 Å². The average molecular weight is 457 g/mol. The molecule has 1 saturated carbocycles. The third-order valence-corrected chi connectivity index (χ3v) is 6.47. The minimum Gasteiger partial charge on any atom is -0.484 e. The predicted octanol–water partition coefficient (Wildman–Crippen LogP) is 4.98. The van der Waals surface area contributed by atoms with Gasteiger partial charge in [0, 0.05) is 19.6 Å². The van der Waals surface area contributed by atoms with Gasteiger partial charge in [-0.25, -0.2) is 0 Å². The number of halogens is 1. The van der Waals surface area contributed by atoms with E-state index >= 15 is 0 Å². The second kappa shape index (κ2) is 9.75. The summed E-state index contributed by atoms with van der Waals surface area (Å²) >= 11 is 7.64. The second-order valence-electron chi connectivity index (χ2n) is 7.66. The number of carbonyl (C=O) groups excluding carboxylic acids is 1.